The van der Waals surface area contributed by atoms with Crippen LogP contribution in [0.2, 0.25) is 0 Å². The van der Waals surface area contributed by atoms with Crippen LogP contribution in [0, 0.1) is 0 Å². The summed E-state index contributed by atoms with van der Waals surface area (Å²) in [5.74, 6) is 0.00870. The number of nitrogens with two attached hydrogens (primary N) is 1. The Kier molecular flexibility index (Phi) is 3.92. The molecule has 0 aliphatic rings. The molecule has 0 aromatic heterocycles. The number of halogens is 1. The van der Waals surface area contributed by atoms with Gasteiger partial charge in [-0.1, -0.05) is 12.1 Å². The molecule has 0 radical (unpaired) electrons. The first kappa shape index (κ1) is 10.2. The number of carbonyl (C=O) groups is 1. The summed E-state index contributed by atoms with van der Waals surface area (Å²) in [5, 5.41) is 4.62. The minimum atomic E-state index is 0.00870. The number of para-hydroxylation sites is 1. The van der Waals surface area contributed by atoms with Gasteiger partial charge < -0.3 is 10.6 Å². The normalized spacial score (nSPS) is 9.69. The Morgan fingerprint density at radius 1 is 1.54 bits per heavy atom. The minimum Gasteiger partial charge on any atom is -0.341 e. The number of nitrogens with one attached hydrogen (secondary N) is 1. The zero-order valence-corrected chi connectivity index (χ0v) is 8.97. The molecule has 0 saturated carbocycles. The van der Waals surface area contributed by atoms with Crippen molar-refractivity contribution in [2.45, 2.75) is 0 Å². The van der Waals surface area contributed by atoms with Crippen LogP contribution in [0.25, 0.3) is 0 Å². The van der Waals surface area contributed by atoms with Crippen molar-refractivity contribution in [1.82, 2.24) is 0 Å². The van der Waals surface area contributed by atoms with Crippen LogP contribution in [0.4, 0.5) is 5.69 Å². The molecule has 1 aromatic carbocycles. The van der Waals surface area contributed by atoms with Crippen LogP contribution in [-0.4, -0.2) is 19.5 Å². The molecule has 0 atom stereocenters. The number of amides is 1. The third-order valence-corrected chi connectivity index (χ3v) is 2.23. The van der Waals surface area contributed by atoms with Crippen LogP contribution in [0.1, 0.15) is 0 Å². The second-order valence-electron chi connectivity index (χ2n) is 2.64. The van der Waals surface area contributed by atoms with Gasteiger partial charge in [0.25, 0.3) is 5.91 Å². The molecule has 70 valence electrons. The van der Waals surface area contributed by atoms with Crippen LogP contribution in [0.15, 0.2) is 28.7 Å². The lowest BCUT2D eigenvalue weighted by Crippen LogP contribution is -2.82. The van der Waals surface area contributed by atoms with Crippen molar-refractivity contribution in [3.05, 3.63) is 28.7 Å². The Morgan fingerprint density at radius 3 is 2.85 bits per heavy atom. The molecule has 0 unspecified atom stereocenters. The molecule has 13 heavy (non-hydrogen) atoms. The number of rotatable bonds is 3. The highest BCUT2D eigenvalue weighted by Crippen LogP contribution is 2.20. The lowest BCUT2D eigenvalue weighted by molar-refractivity contribution is -0.615. The topological polar surface area (TPSA) is 45.7 Å². The van der Waals surface area contributed by atoms with Gasteiger partial charge >= 0.3 is 0 Å². The van der Waals surface area contributed by atoms with E-state index < -0.39 is 0 Å². The SMILES string of the molecule is C[NH2+]CC(=O)Nc1ccccc1Br. The van der Waals surface area contributed by atoms with Gasteiger partial charge in [-0.3, -0.25) is 4.79 Å². The first-order valence-corrected chi connectivity index (χ1v) is 4.85. The third kappa shape index (κ3) is 3.16. The van der Waals surface area contributed by atoms with E-state index in [2.05, 4.69) is 21.2 Å². The second-order valence-corrected chi connectivity index (χ2v) is 3.49. The number of hydrogen-bond donors (Lipinski definition) is 2. The van der Waals surface area contributed by atoms with Gasteiger partial charge in [0.15, 0.2) is 6.54 Å². The number of carbonyl (C=O) groups excluding carboxylic acids is 1. The van der Waals surface area contributed by atoms with E-state index in [9.17, 15) is 4.79 Å². The second kappa shape index (κ2) is 4.99. The molecule has 0 aliphatic heterocycles. The van der Waals surface area contributed by atoms with Crippen molar-refractivity contribution in [1.29, 1.82) is 0 Å². The Labute approximate surface area is 85.7 Å². The Balaban J connectivity index is 2.63. The maximum absolute atomic E-state index is 11.2. The van der Waals surface area contributed by atoms with E-state index in [1.165, 1.54) is 0 Å². The lowest BCUT2D eigenvalue weighted by Gasteiger charge is -2.04. The van der Waals surface area contributed by atoms with Gasteiger partial charge in [0.2, 0.25) is 0 Å². The lowest BCUT2D eigenvalue weighted by atomic mass is 10.3. The van der Waals surface area contributed by atoms with Gasteiger partial charge in [0.1, 0.15) is 0 Å². The summed E-state index contributed by atoms with van der Waals surface area (Å²) in [6.07, 6.45) is 0. The molecule has 1 amide bonds. The minimum absolute atomic E-state index is 0.00870. The summed E-state index contributed by atoms with van der Waals surface area (Å²) in [7, 11) is 1.86. The first-order chi connectivity index (χ1) is 6.24. The molecule has 1 aromatic rings. The molecule has 0 saturated heterocycles. The summed E-state index contributed by atoms with van der Waals surface area (Å²) in [5.41, 5.74) is 0.814. The van der Waals surface area contributed by atoms with E-state index in [0.717, 1.165) is 10.2 Å². The summed E-state index contributed by atoms with van der Waals surface area (Å²) in [4.78, 5) is 11.2. The number of benzene rings is 1. The van der Waals surface area contributed by atoms with Crippen molar-refractivity contribution in [2.24, 2.45) is 0 Å². The first-order valence-electron chi connectivity index (χ1n) is 4.06. The summed E-state index contributed by atoms with van der Waals surface area (Å²) >= 11 is 3.35. The molecular formula is C9H12BrN2O+. The molecule has 0 bridgehead atoms. The fourth-order valence-electron chi connectivity index (χ4n) is 0.949. The molecule has 3 nitrogen and oxygen atoms in total. The van der Waals surface area contributed by atoms with Gasteiger partial charge in [-0.15, -0.1) is 0 Å². The zero-order chi connectivity index (χ0) is 9.68. The fourth-order valence-corrected chi connectivity index (χ4v) is 1.33. The van der Waals surface area contributed by atoms with Crippen LogP contribution in [0.3, 0.4) is 0 Å². The van der Waals surface area contributed by atoms with E-state index in [1.54, 1.807) is 0 Å². The van der Waals surface area contributed by atoms with Crippen molar-refractivity contribution in [3.8, 4) is 0 Å². The number of quaternary nitrogens is 1. The average molecular weight is 244 g/mol. The van der Waals surface area contributed by atoms with Crippen LogP contribution in [-0.2, 0) is 4.79 Å². The molecular weight excluding hydrogens is 232 g/mol. The quantitative estimate of drug-likeness (QED) is 0.802. The molecule has 0 fully saturated rings. The van der Waals surface area contributed by atoms with Gasteiger partial charge in [-0.2, -0.15) is 0 Å². The van der Waals surface area contributed by atoms with Crippen molar-refractivity contribution >= 4 is 27.5 Å². The maximum Gasteiger partial charge on any atom is 0.279 e. The monoisotopic (exact) mass is 243 g/mol. The summed E-state index contributed by atoms with van der Waals surface area (Å²) < 4.78 is 0.902. The van der Waals surface area contributed by atoms with Crippen LogP contribution >= 0.6 is 15.9 Å². The highest BCUT2D eigenvalue weighted by Gasteiger charge is 2.04. The smallest absolute Gasteiger partial charge is 0.279 e. The van der Waals surface area contributed by atoms with Crippen LogP contribution in [0.5, 0.6) is 0 Å². The fraction of sp³-hybridized carbons (Fsp3) is 0.222. The molecule has 4 heteroatoms. The predicted molar refractivity (Wildman–Crippen MR) is 55.5 cm³/mol. The largest absolute Gasteiger partial charge is 0.341 e. The number of anilines is 1. The number of hydrogen-bond acceptors (Lipinski definition) is 1. The van der Waals surface area contributed by atoms with Gasteiger partial charge in [-0.25, -0.2) is 0 Å². The molecule has 3 N–H and O–H groups in total. The van der Waals surface area contributed by atoms with Gasteiger partial charge in [0, 0.05) is 4.47 Å². The zero-order valence-electron chi connectivity index (χ0n) is 7.38. The van der Waals surface area contributed by atoms with E-state index >= 15 is 0 Å². The highest BCUT2D eigenvalue weighted by atomic mass is 79.9. The van der Waals surface area contributed by atoms with Crippen LogP contribution < -0.4 is 10.6 Å². The molecule has 0 aliphatic carbocycles. The standard InChI is InChI=1S/C9H11BrN2O/c1-11-6-9(13)12-8-5-3-2-4-7(8)10/h2-5,11H,6H2,1H3,(H,12,13)/p+1. The van der Waals surface area contributed by atoms with E-state index in [-0.39, 0.29) is 5.91 Å². The average Bonchev–Trinajstić information content (AvgIpc) is 2.09. The van der Waals surface area contributed by atoms with E-state index in [0.29, 0.717) is 6.54 Å². The van der Waals surface area contributed by atoms with Crippen molar-refractivity contribution in [2.75, 3.05) is 18.9 Å². The molecule has 0 spiro atoms. The maximum atomic E-state index is 11.2. The summed E-state index contributed by atoms with van der Waals surface area (Å²) in [6.45, 7) is 0.446. The van der Waals surface area contributed by atoms with Gasteiger partial charge in [0.05, 0.1) is 12.7 Å². The highest BCUT2D eigenvalue weighted by molar-refractivity contribution is 9.10. The number of likely N-dealkylation sites (N-methyl/N-ethyl adjacent to an activating group) is 1. The van der Waals surface area contributed by atoms with E-state index in [4.69, 9.17) is 0 Å². The van der Waals surface area contributed by atoms with Crippen molar-refractivity contribution in [3.63, 3.8) is 0 Å². The van der Waals surface area contributed by atoms with Gasteiger partial charge in [-0.05, 0) is 28.1 Å². The summed E-state index contributed by atoms with van der Waals surface area (Å²) in [6, 6.07) is 7.55. The Hall–Kier alpha value is -0.870. The molecule has 0 heterocycles. The predicted octanol–water partition coefficient (Wildman–Crippen LogP) is 0.581. The third-order valence-electron chi connectivity index (χ3n) is 1.54. The Morgan fingerprint density at radius 2 is 2.23 bits per heavy atom. The van der Waals surface area contributed by atoms with E-state index in [1.807, 2.05) is 36.6 Å². The van der Waals surface area contributed by atoms with Crippen molar-refractivity contribution < 1.29 is 10.1 Å². The molecule has 1 rings (SSSR count). The Bertz CT molecular complexity index is 301.